The SMILES string of the molecule is CC(CC(=O)Nc1nnc(/C=C/c2ccccc2)s1)=Nc1ccccn1. The lowest BCUT2D eigenvalue weighted by atomic mass is 10.2. The van der Waals surface area contributed by atoms with Crippen LogP contribution in [0.25, 0.3) is 12.2 Å². The molecule has 2 aromatic heterocycles. The van der Waals surface area contributed by atoms with Gasteiger partial charge in [0.15, 0.2) is 5.82 Å². The molecule has 0 unspecified atom stereocenters. The topological polar surface area (TPSA) is 80.1 Å². The van der Waals surface area contributed by atoms with Crippen LogP contribution in [0.5, 0.6) is 0 Å². The molecule has 0 aliphatic rings. The summed E-state index contributed by atoms with van der Waals surface area (Å²) in [5.74, 6) is 0.402. The quantitative estimate of drug-likeness (QED) is 0.665. The Morgan fingerprint density at radius 3 is 2.69 bits per heavy atom. The standard InChI is InChI=1S/C19H17N5OS/c1-14(21-16-9-5-6-12-20-16)13-17(25)22-19-24-23-18(26-19)11-10-15-7-3-2-4-8-15/h2-12H,13H2,1H3,(H,22,24,25)/b11-10+,21-14?. The van der Waals surface area contributed by atoms with Crippen molar-refractivity contribution in [1.82, 2.24) is 15.2 Å². The Labute approximate surface area is 155 Å². The predicted molar refractivity (Wildman–Crippen MR) is 106 cm³/mol. The maximum absolute atomic E-state index is 12.1. The molecule has 0 atom stereocenters. The maximum atomic E-state index is 12.1. The van der Waals surface area contributed by atoms with Crippen LogP contribution in [0.2, 0.25) is 0 Å². The Hall–Kier alpha value is -3.19. The number of anilines is 1. The number of amides is 1. The molecule has 2 heterocycles. The van der Waals surface area contributed by atoms with Crippen LogP contribution >= 0.6 is 11.3 Å². The number of carbonyl (C=O) groups is 1. The highest BCUT2D eigenvalue weighted by Gasteiger charge is 2.08. The van der Waals surface area contributed by atoms with Crippen LogP contribution in [0.1, 0.15) is 23.9 Å². The minimum Gasteiger partial charge on any atom is -0.300 e. The van der Waals surface area contributed by atoms with Crippen LogP contribution in [-0.4, -0.2) is 26.8 Å². The van der Waals surface area contributed by atoms with Crippen LogP contribution in [0.4, 0.5) is 10.9 Å². The van der Waals surface area contributed by atoms with Gasteiger partial charge in [-0.15, -0.1) is 10.2 Å². The number of nitrogens with one attached hydrogen (secondary N) is 1. The average molecular weight is 363 g/mol. The number of hydrogen-bond donors (Lipinski definition) is 1. The van der Waals surface area contributed by atoms with Crippen LogP contribution < -0.4 is 5.32 Å². The smallest absolute Gasteiger partial charge is 0.231 e. The molecule has 0 aliphatic heterocycles. The summed E-state index contributed by atoms with van der Waals surface area (Å²) < 4.78 is 0. The van der Waals surface area contributed by atoms with Crippen molar-refractivity contribution in [3.63, 3.8) is 0 Å². The Morgan fingerprint density at radius 1 is 1.12 bits per heavy atom. The minimum absolute atomic E-state index is 0.172. The van der Waals surface area contributed by atoms with Crippen molar-refractivity contribution < 1.29 is 4.79 Å². The van der Waals surface area contributed by atoms with Crippen LogP contribution in [0, 0.1) is 0 Å². The molecule has 3 aromatic rings. The summed E-state index contributed by atoms with van der Waals surface area (Å²) >= 11 is 1.32. The van der Waals surface area contributed by atoms with Gasteiger partial charge in [0.25, 0.3) is 0 Å². The second kappa shape index (κ2) is 8.77. The fourth-order valence-electron chi connectivity index (χ4n) is 2.13. The number of aromatic nitrogens is 3. The molecule has 1 N–H and O–H groups in total. The Bertz CT molecular complexity index is 919. The van der Waals surface area contributed by atoms with E-state index in [4.69, 9.17) is 0 Å². The number of carbonyl (C=O) groups excluding carboxylic acids is 1. The summed E-state index contributed by atoms with van der Waals surface area (Å²) in [7, 11) is 0. The van der Waals surface area contributed by atoms with Gasteiger partial charge < -0.3 is 5.32 Å². The number of nitrogens with zero attached hydrogens (tertiary/aromatic N) is 4. The third-order valence-electron chi connectivity index (χ3n) is 3.28. The van der Waals surface area contributed by atoms with E-state index >= 15 is 0 Å². The Morgan fingerprint density at radius 2 is 1.92 bits per heavy atom. The molecule has 0 saturated carbocycles. The molecule has 0 radical (unpaired) electrons. The molecule has 0 bridgehead atoms. The van der Waals surface area contributed by atoms with E-state index in [0.717, 1.165) is 10.6 Å². The third kappa shape index (κ3) is 5.42. The number of rotatable bonds is 6. The van der Waals surface area contributed by atoms with Crippen LogP contribution in [0.15, 0.2) is 59.7 Å². The minimum atomic E-state index is -0.183. The van der Waals surface area contributed by atoms with E-state index in [2.05, 4.69) is 25.5 Å². The first-order chi connectivity index (χ1) is 12.7. The lowest BCUT2D eigenvalue weighted by molar-refractivity contribution is -0.115. The van der Waals surface area contributed by atoms with Crippen molar-refractivity contribution in [2.24, 2.45) is 4.99 Å². The lowest BCUT2D eigenvalue weighted by Gasteiger charge is -2.01. The summed E-state index contributed by atoms with van der Waals surface area (Å²) in [5.41, 5.74) is 1.75. The van der Waals surface area contributed by atoms with Gasteiger partial charge in [-0.05, 0) is 30.7 Å². The van der Waals surface area contributed by atoms with Crippen LogP contribution in [-0.2, 0) is 4.79 Å². The largest absolute Gasteiger partial charge is 0.300 e. The molecule has 3 rings (SSSR count). The highest BCUT2D eigenvalue weighted by atomic mass is 32.1. The van der Waals surface area contributed by atoms with Gasteiger partial charge in [0.2, 0.25) is 11.0 Å². The van der Waals surface area contributed by atoms with E-state index in [0.29, 0.717) is 16.7 Å². The van der Waals surface area contributed by atoms with E-state index in [1.54, 1.807) is 19.2 Å². The monoisotopic (exact) mass is 363 g/mol. The first-order valence-electron chi connectivity index (χ1n) is 8.01. The van der Waals surface area contributed by atoms with Crippen molar-refractivity contribution in [2.45, 2.75) is 13.3 Å². The molecule has 7 heteroatoms. The zero-order valence-electron chi connectivity index (χ0n) is 14.2. The highest BCUT2D eigenvalue weighted by molar-refractivity contribution is 7.16. The van der Waals surface area contributed by atoms with Gasteiger partial charge in [-0.1, -0.05) is 53.8 Å². The molecule has 130 valence electrons. The van der Waals surface area contributed by atoms with Crippen molar-refractivity contribution in [3.05, 3.63) is 65.3 Å². The zero-order chi connectivity index (χ0) is 18.2. The highest BCUT2D eigenvalue weighted by Crippen LogP contribution is 2.18. The number of pyridine rings is 1. The van der Waals surface area contributed by atoms with Gasteiger partial charge in [0.1, 0.15) is 5.01 Å². The predicted octanol–water partition coefficient (Wildman–Crippen LogP) is 4.22. The van der Waals surface area contributed by atoms with Crippen molar-refractivity contribution in [1.29, 1.82) is 0 Å². The van der Waals surface area contributed by atoms with E-state index in [9.17, 15) is 4.79 Å². The maximum Gasteiger partial charge on any atom is 0.231 e. The van der Waals surface area contributed by atoms with Gasteiger partial charge >= 0.3 is 0 Å². The van der Waals surface area contributed by atoms with Gasteiger partial charge in [0, 0.05) is 11.9 Å². The van der Waals surface area contributed by atoms with Gasteiger partial charge in [0.05, 0.1) is 6.42 Å². The van der Waals surface area contributed by atoms with E-state index in [1.807, 2.05) is 54.6 Å². The van der Waals surface area contributed by atoms with E-state index in [1.165, 1.54) is 11.3 Å². The summed E-state index contributed by atoms with van der Waals surface area (Å²) in [6.07, 6.45) is 5.66. The van der Waals surface area contributed by atoms with E-state index in [-0.39, 0.29) is 12.3 Å². The molecule has 1 aromatic carbocycles. The Kier molecular flexibility index (Phi) is 5.95. The molecule has 0 fully saturated rings. The molecule has 0 aliphatic carbocycles. The summed E-state index contributed by atoms with van der Waals surface area (Å²) in [6.45, 7) is 1.79. The Balaban J connectivity index is 1.56. The molecular weight excluding hydrogens is 346 g/mol. The van der Waals surface area contributed by atoms with Crippen LogP contribution in [0.3, 0.4) is 0 Å². The second-order valence-electron chi connectivity index (χ2n) is 5.45. The molecule has 6 nitrogen and oxygen atoms in total. The van der Waals surface area contributed by atoms with Gasteiger partial charge in [-0.3, -0.25) is 4.79 Å². The normalized spacial score (nSPS) is 11.7. The second-order valence-corrected chi connectivity index (χ2v) is 6.46. The van der Waals surface area contributed by atoms with Gasteiger partial charge in [-0.25, -0.2) is 9.98 Å². The number of benzene rings is 1. The summed E-state index contributed by atoms with van der Waals surface area (Å²) in [4.78, 5) is 20.5. The third-order valence-corrected chi connectivity index (χ3v) is 4.08. The fraction of sp³-hybridized carbons (Fsp3) is 0.105. The zero-order valence-corrected chi connectivity index (χ0v) is 15.0. The fourth-order valence-corrected chi connectivity index (χ4v) is 2.80. The van der Waals surface area contributed by atoms with Crippen molar-refractivity contribution >= 4 is 46.1 Å². The molecular formula is C19H17N5OS. The summed E-state index contributed by atoms with van der Waals surface area (Å²) in [5, 5.41) is 12.0. The molecule has 1 amide bonds. The summed E-state index contributed by atoms with van der Waals surface area (Å²) in [6, 6.07) is 15.4. The molecule has 26 heavy (non-hydrogen) atoms. The first kappa shape index (κ1) is 17.6. The van der Waals surface area contributed by atoms with Gasteiger partial charge in [-0.2, -0.15) is 0 Å². The van der Waals surface area contributed by atoms with E-state index < -0.39 is 0 Å². The molecule has 0 saturated heterocycles. The number of hydrogen-bond acceptors (Lipinski definition) is 6. The van der Waals surface area contributed by atoms with Crippen molar-refractivity contribution in [3.8, 4) is 0 Å². The molecule has 0 spiro atoms. The number of aliphatic imine (C=N–C) groups is 1. The average Bonchev–Trinajstić information content (AvgIpc) is 3.08. The first-order valence-corrected chi connectivity index (χ1v) is 8.82. The lowest BCUT2D eigenvalue weighted by Crippen LogP contribution is -2.14. The van der Waals surface area contributed by atoms with Crippen molar-refractivity contribution in [2.75, 3.05) is 5.32 Å².